The zero-order valence-electron chi connectivity index (χ0n) is 13.1. The van der Waals surface area contributed by atoms with E-state index in [0.717, 1.165) is 32.6 Å². The molecule has 3 nitrogen and oxygen atoms in total. The quantitative estimate of drug-likeness (QED) is 0.869. The highest BCUT2D eigenvalue weighted by Gasteiger charge is 2.25. The van der Waals surface area contributed by atoms with Crippen molar-refractivity contribution in [3.63, 3.8) is 0 Å². The molecular weight excluding hydrogens is 286 g/mol. The second-order valence-corrected chi connectivity index (χ2v) is 8.50. The topological polar surface area (TPSA) is 28.2 Å². The Labute approximate surface area is 131 Å². The maximum Gasteiger partial charge on any atom is 0.185 e. The molecule has 0 aliphatic carbocycles. The summed E-state index contributed by atoms with van der Waals surface area (Å²) in [6.07, 6.45) is 2.27. The van der Waals surface area contributed by atoms with Crippen molar-refractivity contribution < 1.29 is 0 Å². The number of hydrogen-bond donors (Lipinski definition) is 1. The number of nitrogens with one attached hydrogen (secondary N) is 1. The third kappa shape index (κ3) is 4.12. The van der Waals surface area contributed by atoms with Crippen molar-refractivity contribution in [3.05, 3.63) is 10.6 Å². The van der Waals surface area contributed by atoms with Crippen LogP contribution in [-0.2, 0) is 13.0 Å². The second kappa shape index (κ2) is 7.66. The van der Waals surface area contributed by atoms with Crippen LogP contribution in [-0.4, -0.2) is 35.1 Å². The molecule has 1 aliphatic heterocycles. The van der Waals surface area contributed by atoms with Crippen molar-refractivity contribution in [1.29, 1.82) is 0 Å². The van der Waals surface area contributed by atoms with Gasteiger partial charge in [0.05, 0.1) is 5.69 Å². The average Bonchev–Trinajstić information content (AvgIpc) is 2.79. The van der Waals surface area contributed by atoms with Gasteiger partial charge in [0.1, 0.15) is 0 Å². The Bertz CT molecular complexity index is 409. The Balaban J connectivity index is 2.14. The number of thioether (sulfide) groups is 1. The van der Waals surface area contributed by atoms with E-state index in [9.17, 15) is 0 Å². The molecule has 2 atom stereocenters. The highest BCUT2D eigenvalue weighted by atomic mass is 32.2. The van der Waals surface area contributed by atoms with Crippen molar-refractivity contribution in [2.75, 3.05) is 24.5 Å². The van der Waals surface area contributed by atoms with E-state index in [-0.39, 0.29) is 0 Å². The summed E-state index contributed by atoms with van der Waals surface area (Å²) in [4.78, 5) is 8.86. The molecule has 0 bridgehead atoms. The van der Waals surface area contributed by atoms with Gasteiger partial charge in [-0.2, -0.15) is 11.8 Å². The Kier molecular flexibility index (Phi) is 6.18. The van der Waals surface area contributed by atoms with Crippen LogP contribution in [0.5, 0.6) is 0 Å². The number of thiazole rings is 1. The average molecular weight is 314 g/mol. The van der Waals surface area contributed by atoms with E-state index in [1.54, 1.807) is 0 Å². The predicted molar refractivity (Wildman–Crippen MR) is 92.2 cm³/mol. The third-order valence-corrected chi connectivity index (χ3v) is 5.87. The molecule has 1 aromatic rings. The van der Waals surface area contributed by atoms with Gasteiger partial charge in [0.25, 0.3) is 0 Å². The van der Waals surface area contributed by atoms with Gasteiger partial charge in [0.2, 0.25) is 0 Å². The maximum atomic E-state index is 4.94. The molecule has 2 unspecified atom stereocenters. The number of nitrogens with zero attached hydrogens (tertiary/aromatic N) is 2. The summed E-state index contributed by atoms with van der Waals surface area (Å²) in [5.41, 5.74) is 1.31. The van der Waals surface area contributed by atoms with Gasteiger partial charge in [-0.05, 0) is 13.0 Å². The molecule has 2 heterocycles. The fourth-order valence-corrected chi connectivity index (χ4v) is 5.07. The van der Waals surface area contributed by atoms with Crippen LogP contribution >= 0.6 is 23.1 Å². The first-order valence-electron chi connectivity index (χ1n) is 7.73. The van der Waals surface area contributed by atoms with E-state index >= 15 is 0 Å². The van der Waals surface area contributed by atoms with Crippen molar-refractivity contribution in [1.82, 2.24) is 10.3 Å². The van der Waals surface area contributed by atoms with Gasteiger partial charge in [0, 0.05) is 35.0 Å². The highest BCUT2D eigenvalue weighted by Crippen LogP contribution is 2.33. The molecule has 2 rings (SSSR count). The van der Waals surface area contributed by atoms with Crippen molar-refractivity contribution >= 4 is 28.2 Å². The Morgan fingerprint density at radius 2 is 1.95 bits per heavy atom. The van der Waals surface area contributed by atoms with Crippen LogP contribution in [0, 0.1) is 0 Å². The van der Waals surface area contributed by atoms with E-state index in [2.05, 4.69) is 49.7 Å². The molecule has 0 saturated carbocycles. The molecule has 0 aromatic carbocycles. The summed E-state index contributed by atoms with van der Waals surface area (Å²) in [5.74, 6) is 0. The number of aromatic nitrogens is 1. The lowest BCUT2D eigenvalue weighted by Crippen LogP contribution is -2.40. The van der Waals surface area contributed by atoms with E-state index in [0.29, 0.717) is 10.5 Å². The van der Waals surface area contributed by atoms with Gasteiger partial charge in [-0.3, -0.25) is 0 Å². The number of rotatable bonds is 6. The van der Waals surface area contributed by atoms with Crippen LogP contribution in [0.3, 0.4) is 0 Å². The van der Waals surface area contributed by atoms with Crippen molar-refractivity contribution in [3.8, 4) is 0 Å². The third-order valence-electron chi connectivity index (χ3n) is 3.48. The predicted octanol–water partition coefficient (Wildman–Crippen LogP) is 3.54. The number of anilines is 1. The van der Waals surface area contributed by atoms with Gasteiger partial charge in [-0.1, -0.05) is 34.1 Å². The lowest BCUT2D eigenvalue weighted by Gasteiger charge is -2.34. The molecular formula is C15H27N3S2. The largest absolute Gasteiger partial charge is 0.346 e. The first-order valence-corrected chi connectivity index (χ1v) is 9.49. The van der Waals surface area contributed by atoms with E-state index in [1.807, 2.05) is 11.3 Å². The fourth-order valence-electron chi connectivity index (χ4n) is 2.65. The Hall–Kier alpha value is -0.260. The SMILES string of the molecule is CCCc1nc(N2CC(C)SC(C)C2)sc1CNCC. The van der Waals surface area contributed by atoms with Crippen LogP contribution in [0.15, 0.2) is 0 Å². The minimum Gasteiger partial charge on any atom is -0.346 e. The zero-order chi connectivity index (χ0) is 14.5. The lowest BCUT2D eigenvalue weighted by atomic mass is 10.2. The first-order chi connectivity index (χ1) is 9.63. The highest BCUT2D eigenvalue weighted by molar-refractivity contribution is 8.00. The normalized spacial score (nSPS) is 23.3. The van der Waals surface area contributed by atoms with Crippen molar-refractivity contribution in [2.45, 2.75) is 57.6 Å². The molecule has 114 valence electrons. The molecule has 0 radical (unpaired) electrons. The molecule has 0 spiro atoms. The molecule has 1 N–H and O–H groups in total. The van der Waals surface area contributed by atoms with Gasteiger partial charge < -0.3 is 10.2 Å². The molecule has 5 heteroatoms. The number of aryl methyl sites for hydroxylation is 1. The lowest BCUT2D eigenvalue weighted by molar-refractivity contribution is 0.716. The summed E-state index contributed by atoms with van der Waals surface area (Å²) >= 11 is 3.99. The molecule has 1 saturated heterocycles. The van der Waals surface area contributed by atoms with E-state index < -0.39 is 0 Å². The Morgan fingerprint density at radius 1 is 1.25 bits per heavy atom. The summed E-state index contributed by atoms with van der Waals surface area (Å²) in [7, 11) is 0. The summed E-state index contributed by atoms with van der Waals surface area (Å²) < 4.78 is 0. The van der Waals surface area contributed by atoms with Crippen LogP contribution in [0.1, 0.15) is 44.7 Å². The summed E-state index contributed by atoms with van der Waals surface area (Å²) in [6, 6.07) is 0. The van der Waals surface area contributed by atoms with Crippen LogP contribution in [0.25, 0.3) is 0 Å². The number of hydrogen-bond acceptors (Lipinski definition) is 5. The van der Waals surface area contributed by atoms with Crippen molar-refractivity contribution in [2.24, 2.45) is 0 Å². The van der Waals surface area contributed by atoms with E-state index in [1.165, 1.54) is 22.1 Å². The fraction of sp³-hybridized carbons (Fsp3) is 0.800. The molecule has 1 aliphatic rings. The van der Waals surface area contributed by atoms with Gasteiger partial charge in [-0.15, -0.1) is 11.3 Å². The molecule has 20 heavy (non-hydrogen) atoms. The zero-order valence-corrected chi connectivity index (χ0v) is 14.7. The van der Waals surface area contributed by atoms with Crippen LogP contribution in [0.2, 0.25) is 0 Å². The molecule has 1 aromatic heterocycles. The van der Waals surface area contributed by atoms with Gasteiger partial charge in [0.15, 0.2) is 5.13 Å². The smallest absolute Gasteiger partial charge is 0.185 e. The maximum absolute atomic E-state index is 4.94. The standard InChI is InChI=1S/C15H27N3S2/c1-5-7-13-14(8-16-6-2)20-15(17-13)18-9-11(3)19-12(4)10-18/h11-12,16H,5-10H2,1-4H3. The molecule has 1 fully saturated rings. The van der Waals surface area contributed by atoms with Crippen LogP contribution < -0.4 is 10.2 Å². The monoisotopic (exact) mass is 313 g/mol. The Morgan fingerprint density at radius 3 is 2.55 bits per heavy atom. The van der Waals surface area contributed by atoms with Crippen LogP contribution in [0.4, 0.5) is 5.13 Å². The minimum absolute atomic E-state index is 0.703. The second-order valence-electron chi connectivity index (χ2n) is 5.56. The van der Waals surface area contributed by atoms with Gasteiger partial charge >= 0.3 is 0 Å². The summed E-state index contributed by atoms with van der Waals surface area (Å²) in [6.45, 7) is 13.3. The van der Waals surface area contributed by atoms with Gasteiger partial charge in [-0.25, -0.2) is 4.98 Å². The first kappa shape index (κ1) is 16.1. The summed E-state index contributed by atoms with van der Waals surface area (Å²) in [5, 5.41) is 6.09. The molecule has 0 amide bonds. The van der Waals surface area contributed by atoms with E-state index in [4.69, 9.17) is 4.98 Å². The minimum atomic E-state index is 0.703.